The lowest BCUT2D eigenvalue weighted by Crippen LogP contribution is -2.56. The number of hydrogen-bond donors (Lipinski definition) is 1. The second-order valence-electron chi connectivity index (χ2n) is 6.71. The van der Waals surface area contributed by atoms with Gasteiger partial charge in [0.25, 0.3) is 0 Å². The zero-order chi connectivity index (χ0) is 13.7. The van der Waals surface area contributed by atoms with Crippen LogP contribution >= 0.6 is 0 Å². The highest BCUT2D eigenvalue weighted by Crippen LogP contribution is 2.34. The van der Waals surface area contributed by atoms with E-state index in [1.165, 1.54) is 58.0 Å². The second-order valence-corrected chi connectivity index (χ2v) is 6.71. The molecule has 0 aromatic rings. The first kappa shape index (κ1) is 15.3. The first-order valence-corrected chi connectivity index (χ1v) is 8.34. The Balaban J connectivity index is 1.77. The van der Waals surface area contributed by atoms with Crippen molar-refractivity contribution in [1.29, 1.82) is 0 Å². The van der Waals surface area contributed by atoms with Gasteiger partial charge in [-0.1, -0.05) is 13.3 Å². The van der Waals surface area contributed by atoms with E-state index in [9.17, 15) is 0 Å². The summed E-state index contributed by atoms with van der Waals surface area (Å²) in [6.45, 7) is 5.95. The minimum absolute atomic E-state index is 0.790. The molecule has 112 valence electrons. The van der Waals surface area contributed by atoms with Crippen molar-refractivity contribution < 1.29 is 0 Å². The molecule has 2 bridgehead atoms. The van der Waals surface area contributed by atoms with Gasteiger partial charge in [-0.05, 0) is 72.3 Å². The van der Waals surface area contributed by atoms with Crippen molar-refractivity contribution in [2.45, 2.75) is 70.0 Å². The fourth-order valence-electron chi connectivity index (χ4n) is 4.02. The molecule has 0 radical (unpaired) electrons. The van der Waals surface area contributed by atoms with Gasteiger partial charge in [0.2, 0.25) is 0 Å². The van der Waals surface area contributed by atoms with Gasteiger partial charge in [0.15, 0.2) is 0 Å². The molecule has 0 aliphatic carbocycles. The summed E-state index contributed by atoms with van der Waals surface area (Å²) in [5.74, 6) is 0. The van der Waals surface area contributed by atoms with E-state index < -0.39 is 0 Å². The number of nitrogens with one attached hydrogen (secondary N) is 1. The second kappa shape index (κ2) is 7.61. The smallest absolute Gasteiger partial charge is 0.0113 e. The monoisotopic (exact) mass is 267 g/mol. The SMILES string of the molecule is CCNC1CC2CCCC(C1)N2CCCCN(C)C. The van der Waals surface area contributed by atoms with Gasteiger partial charge in [-0.25, -0.2) is 0 Å². The van der Waals surface area contributed by atoms with Gasteiger partial charge in [0.1, 0.15) is 0 Å². The molecule has 19 heavy (non-hydrogen) atoms. The van der Waals surface area contributed by atoms with E-state index >= 15 is 0 Å². The summed E-state index contributed by atoms with van der Waals surface area (Å²) < 4.78 is 0. The van der Waals surface area contributed by atoms with E-state index in [0.29, 0.717) is 0 Å². The fourth-order valence-corrected chi connectivity index (χ4v) is 4.02. The van der Waals surface area contributed by atoms with Crippen molar-refractivity contribution in [2.24, 2.45) is 0 Å². The summed E-state index contributed by atoms with van der Waals surface area (Å²) in [7, 11) is 4.35. The van der Waals surface area contributed by atoms with Crippen LogP contribution in [0.3, 0.4) is 0 Å². The molecule has 0 spiro atoms. The van der Waals surface area contributed by atoms with E-state index in [0.717, 1.165) is 24.7 Å². The van der Waals surface area contributed by atoms with Gasteiger partial charge in [0, 0.05) is 18.1 Å². The average molecular weight is 267 g/mol. The summed E-state index contributed by atoms with van der Waals surface area (Å²) in [5.41, 5.74) is 0. The Labute approximate surface area is 119 Å². The van der Waals surface area contributed by atoms with Crippen molar-refractivity contribution in [3.05, 3.63) is 0 Å². The van der Waals surface area contributed by atoms with E-state index in [4.69, 9.17) is 0 Å². The third-order valence-corrected chi connectivity index (χ3v) is 4.89. The zero-order valence-corrected chi connectivity index (χ0v) is 13.2. The number of piperidine rings is 2. The zero-order valence-electron chi connectivity index (χ0n) is 13.2. The molecule has 2 aliphatic heterocycles. The molecule has 0 amide bonds. The Morgan fingerprint density at radius 2 is 1.79 bits per heavy atom. The maximum atomic E-state index is 3.68. The average Bonchev–Trinajstić information content (AvgIpc) is 2.35. The number of rotatable bonds is 7. The normalized spacial score (nSPS) is 31.9. The molecule has 2 atom stereocenters. The van der Waals surface area contributed by atoms with Gasteiger partial charge in [0.05, 0.1) is 0 Å². The quantitative estimate of drug-likeness (QED) is 0.714. The Bertz CT molecular complexity index is 240. The lowest BCUT2D eigenvalue weighted by Gasteiger charge is -2.49. The van der Waals surface area contributed by atoms with Crippen molar-refractivity contribution in [1.82, 2.24) is 15.1 Å². The molecule has 2 heterocycles. The van der Waals surface area contributed by atoms with Crippen LogP contribution in [0.25, 0.3) is 0 Å². The van der Waals surface area contributed by atoms with Crippen LogP contribution in [0.15, 0.2) is 0 Å². The molecule has 3 nitrogen and oxygen atoms in total. The molecule has 2 saturated heterocycles. The highest BCUT2D eigenvalue weighted by atomic mass is 15.2. The summed E-state index contributed by atoms with van der Waals surface area (Å²) in [6, 6.07) is 2.53. The summed E-state index contributed by atoms with van der Waals surface area (Å²) in [6.07, 6.45) is 9.83. The maximum absolute atomic E-state index is 3.68. The van der Waals surface area contributed by atoms with Crippen LogP contribution in [0, 0.1) is 0 Å². The number of hydrogen-bond acceptors (Lipinski definition) is 3. The number of fused-ring (bicyclic) bond motifs is 2. The van der Waals surface area contributed by atoms with E-state index in [2.05, 4.69) is 36.1 Å². The minimum Gasteiger partial charge on any atom is -0.314 e. The van der Waals surface area contributed by atoms with Crippen LogP contribution in [0.5, 0.6) is 0 Å². The molecule has 1 N–H and O–H groups in total. The van der Waals surface area contributed by atoms with E-state index in [1.807, 2.05) is 0 Å². The third kappa shape index (κ3) is 4.44. The molecule has 2 rings (SSSR count). The summed E-state index contributed by atoms with van der Waals surface area (Å²) >= 11 is 0. The van der Waals surface area contributed by atoms with Crippen molar-refractivity contribution in [3.63, 3.8) is 0 Å². The predicted molar refractivity (Wildman–Crippen MR) is 82.6 cm³/mol. The predicted octanol–water partition coefficient (Wildman–Crippen LogP) is 2.32. The number of unbranched alkanes of at least 4 members (excludes halogenated alkanes) is 1. The van der Waals surface area contributed by atoms with Gasteiger partial charge in [-0.15, -0.1) is 0 Å². The molecular weight excluding hydrogens is 234 g/mol. The van der Waals surface area contributed by atoms with Crippen LogP contribution < -0.4 is 5.32 Å². The Kier molecular flexibility index (Phi) is 6.11. The molecule has 0 saturated carbocycles. The lowest BCUT2D eigenvalue weighted by molar-refractivity contribution is 0.0234. The number of nitrogens with zero attached hydrogens (tertiary/aromatic N) is 2. The Morgan fingerprint density at radius 3 is 2.37 bits per heavy atom. The van der Waals surface area contributed by atoms with Crippen molar-refractivity contribution >= 4 is 0 Å². The van der Waals surface area contributed by atoms with Gasteiger partial charge in [-0.3, -0.25) is 4.90 Å². The molecule has 0 aromatic carbocycles. The Hall–Kier alpha value is -0.120. The highest BCUT2D eigenvalue weighted by molar-refractivity contribution is 4.94. The summed E-state index contributed by atoms with van der Waals surface area (Å²) in [4.78, 5) is 5.16. The van der Waals surface area contributed by atoms with Crippen LogP contribution in [0.2, 0.25) is 0 Å². The molecule has 0 aromatic heterocycles. The largest absolute Gasteiger partial charge is 0.314 e. The fraction of sp³-hybridized carbons (Fsp3) is 1.00. The van der Waals surface area contributed by atoms with Crippen LogP contribution in [-0.4, -0.2) is 61.7 Å². The third-order valence-electron chi connectivity index (χ3n) is 4.89. The molecule has 3 heteroatoms. The molecular formula is C16H33N3. The molecule has 2 fully saturated rings. The first-order valence-electron chi connectivity index (χ1n) is 8.34. The Morgan fingerprint density at radius 1 is 1.11 bits per heavy atom. The van der Waals surface area contributed by atoms with Crippen LogP contribution in [-0.2, 0) is 0 Å². The standard InChI is InChI=1S/C16H33N3/c1-4-17-14-12-15-8-7-9-16(13-14)19(15)11-6-5-10-18(2)3/h14-17H,4-13H2,1-3H3. The van der Waals surface area contributed by atoms with Crippen molar-refractivity contribution in [3.8, 4) is 0 Å². The van der Waals surface area contributed by atoms with Gasteiger partial charge >= 0.3 is 0 Å². The van der Waals surface area contributed by atoms with E-state index in [-0.39, 0.29) is 0 Å². The van der Waals surface area contributed by atoms with Crippen LogP contribution in [0.1, 0.15) is 51.9 Å². The van der Waals surface area contributed by atoms with Crippen LogP contribution in [0.4, 0.5) is 0 Å². The summed E-state index contributed by atoms with van der Waals surface area (Å²) in [5, 5.41) is 3.68. The van der Waals surface area contributed by atoms with Gasteiger partial charge in [-0.2, -0.15) is 0 Å². The van der Waals surface area contributed by atoms with Crippen molar-refractivity contribution in [2.75, 3.05) is 33.7 Å². The lowest BCUT2D eigenvalue weighted by atomic mass is 9.81. The van der Waals surface area contributed by atoms with E-state index in [1.54, 1.807) is 0 Å². The maximum Gasteiger partial charge on any atom is 0.0113 e. The highest BCUT2D eigenvalue weighted by Gasteiger charge is 2.37. The first-order chi connectivity index (χ1) is 9.20. The van der Waals surface area contributed by atoms with Gasteiger partial charge < -0.3 is 10.2 Å². The molecule has 2 unspecified atom stereocenters. The topological polar surface area (TPSA) is 18.5 Å². The minimum atomic E-state index is 0.790. The molecule has 2 aliphatic rings.